The van der Waals surface area contributed by atoms with Crippen LogP contribution >= 0.6 is 11.3 Å². The predicted octanol–water partition coefficient (Wildman–Crippen LogP) is 4.68. The molecule has 0 N–H and O–H groups in total. The van der Waals surface area contributed by atoms with Crippen molar-refractivity contribution < 1.29 is 14.3 Å². The summed E-state index contributed by atoms with van der Waals surface area (Å²) in [5.41, 5.74) is 4.82. The van der Waals surface area contributed by atoms with Crippen LogP contribution in [-0.4, -0.2) is 29.8 Å². The Morgan fingerprint density at radius 1 is 1.17 bits per heavy atom. The summed E-state index contributed by atoms with van der Waals surface area (Å²) in [5, 5.41) is 3.10. The number of ether oxygens (including phenoxy) is 1. The summed E-state index contributed by atoms with van der Waals surface area (Å²) in [5.74, 6) is 0.600. The van der Waals surface area contributed by atoms with Crippen LogP contribution in [0, 0.1) is 6.92 Å². The molecule has 0 bridgehead atoms. The molecule has 6 heteroatoms. The number of hydrogen-bond donors (Lipinski definition) is 0. The monoisotopic (exact) mass is 406 g/mol. The fourth-order valence-corrected chi connectivity index (χ4v) is 4.10. The second-order valence-corrected chi connectivity index (χ2v) is 8.04. The number of anilines is 1. The molecular weight excluding hydrogens is 384 g/mol. The molecule has 0 saturated heterocycles. The quantitative estimate of drug-likeness (QED) is 0.558. The minimum Gasteiger partial charge on any atom is -0.484 e. The zero-order valence-corrected chi connectivity index (χ0v) is 17.3. The molecule has 2 heterocycles. The van der Waals surface area contributed by atoms with Crippen LogP contribution in [0.4, 0.5) is 5.69 Å². The lowest BCUT2D eigenvalue weighted by Gasteiger charge is -2.18. The van der Waals surface area contributed by atoms with Gasteiger partial charge in [0.05, 0.1) is 10.7 Å². The molecule has 0 saturated carbocycles. The third kappa shape index (κ3) is 4.07. The van der Waals surface area contributed by atoms with Crippen LogP contribution < -0.4 is 9.64 Å². The third-order valence-electron chi connectivity index (χ3n) is 5.05. The van der Waals surface area contributed by atoms with E-state index in [0.29, 0.717) is 24.3 Å². The van der Waals surface area contributed by atoms with E-state index in [0.717, 1.165) is 33.9 Å². The third-order valence-corrected chi connectivity index (χ3v) is 5.82. The van der Waals surface area contributed by atoms with Gasteiger partial charge in [-0.15, -0.1) is 11.3 Å². The number of fused-ring (bicyclic) bond motifs is 1. The number of rotatable bonds is 6. The van der Waals surface area contributed by atoms with Crippen molar-refractivity contribution in [1.82, 2.24) is 4.98 Å². The van der Waals surface area contributed by atoms with Gasteiger partial charge in [-0.3, -0.25) is 9.59 Å². The molecule has 0 radical (unpaired) electrons. The molecule has 0 fully saturated rings. The number of Topliss-reactive ketones (excluding diaryl/α,β-unsaturated/α-hetero) is 1. The second kappa shape index (κ2) is 8.17. The molecule has 2 aromatic carbocycles. The van der Waals surface area contributed by atoms with Crippen molar-refractivity contribution in [3.8, 4) is 17.0 Å². The minimum atomic E-state index is -0.0743. The number of carbonyl (C=O) groups is 2. The first-order valence-corrected chi connectivity index (χ1v) is 10.5. The van der Waals surface area contributed by atoms with Gasteiger partial charge in [-0.1, -0.05) is 13.0 Å². The number of aryl methyl sites for hydroxylation is 1. The van der Waals surface area contributed by atoms with Gasteiger partial charge in [0.15, 0.2) is 12.4 Å². The van der Waals surface area contributed by atoms with Crippen molar-refractivity contribution in [2.45, 2.75) is 26.7 Å². The molecule has 29 heavy (non-hydrogen) atoms. The summed E-state index contributed by atoms with van der Waals surface area (Å²) in [6.07, 6.45) is 1.29. The molecule has 0 unspecified atom stereocenters. The fraction of sp³-hybridized carbons (Fsp3) is 0.261. The van der Waals surface area contributed by atoms with Crippen LogP contribution in [0.25, 0.3) is 11.3 Å². The molecular formula is C23H22N2O3S. The van der Waals surface area contributed by atoms with Crippen molar-refractivity contribution in [3.63, 3.8) is 0 Å². The smallest absolute Gasteiger partial charge is 0.264 e. The van der Waals surface area contributed by atoms with Crippen LogP contribution in [0.2, 0.25) is 0 Å². The van der Waals surface area contributed by atoms with E-state index in [1.807, 2.05) is 26.0 Å². The van der Waals surface area contributed by atoms with E-state index in [4.69, 9.17) is 4.74 Å². The zero-order valence-electron chi connectivity index (χ0n) is 16.5. The van der Waals surface area contributed by atoms with Gasteiger partial charge in [0, 0.05) is 35.2 Å². The van der Waals surface area contributed by atoms with Gasteiger partial charge in [0.1, 0.15) is 5.75 Å². The summed E-state index contributed by atoms with van der Waals surface area (Å²) in [7, 11) is 0. The van der Waals surface area contributed by atoms with E-state index in [-0.39, 0.29) is 18.3 Å². The molecule has 0 spiro atoms. The maximum Gasteiger partial charge on any atom is 0.264 e. The van der Waals surface area contributed by atoms with E-state index in [9.17, 15) is 9.59 Å². The van der Waals surface area contributed by atoms with Crippen molar-refractivity contribution in [3.05, 3.63) is 64.0 Å². The number of ketones is 1. The van der Waals surface area contributed by atoms with Gasteiger partial charge < -0.3 is 9.64 Å². The summed E-state index contributed by atoms with van der Waals surface area (Å²) >= 11 is 1.64. The van der Waals surface area contributed by atoms with Gasteiger partial charge in [-0.2, -0.15) is 0 Å². The van der Waals surface area contributed by atoms with Crippen molar-refractivity contribution in [2.24, 2.45) is 0 Å². The number of thiazole rings is 1. The van der Waals surface area contributed by atoms with Crippen molar-refractivity contribution in [2.75, 3.05) is 18.1 Å². The van der Waals surface area contributed by atoms with E-state index in [2.05, 4.69) is 16.4 Å². The first kappa shape index (κ1) is 19.3. The van der Waals surface area contributed by atoms with Crippen LogP contribution in [0.5, 0.6) is 5.75 Å². The first-order chi connectivity index (χ1) is 14.0. The summed E-state index contributed by atoms with van der Waals surface area (Å²) in [6.45, 7) is 4.45. The first-order valence-electron chi connectivity index (χ1n) is 9.67. The van der Waals surface area contributed by atoms with Gasteiger partial charge in [0.2, 0.25) is 0 Å². The molecule has 0 atom stereocenters. The topological polar surface area (TPSA) is 59.5 Å². The highest BCUT2D eigenvalue weighted by molar-refractivity contribution is 7.09. The number of carbonyl (C=O) groups excluding carboxylic acids is 2. The van der Waals surface area contributed by atoms with Crippen molar-refractivity contribution >= 4 is 28.7 Å². The van der Waals surface area contributed by atoms with E-state index in [1.54, 1.807) is 40.5 Å². The summed E-state index contributed by atoms with van der Waals surface area (Å²) in [4.78, 5) is 30.7. The SMILES string of the molecule is CCC(=O)c1ccc(OCC(=O)N2CCc3cc(-c4csc(C)n4)ccc32)cc1. The number of aromatic nitrogens is 1. The Labute approximate surface area is 174 Å². The fourth-order valence-electron chi connectivity index (χ4n) is 3.48. The molecule has 5 nitrogen and oxygen atoms in total. The van der Waals surface area contributed by atoms with Gasteiger partial charge in [-0.25, -0.2) is 4.98 Å². The zero-order chi connectivity index (χ0) is 20.4. The van der Waals surface area contributed by atoms with E-state index >= 15 is 0 Å². The predicted molar refractivity (Wildman–Crippen MR) is 115 cm³/mol. The molecule has 148 valence electrons. The van der Waals surface area contributed by atoms with Crippen molar-refractivity contribution in [1.29, 1.82) is 0 Å². The molecule has 3 aromatic rings. The Hall–Kier alpha value is -2.99. The molecule has 1 aliphatic heterocycles. The average Bonchev–Trinajstić information content (AvgIpc) is 3.37. The highest BCUT2D eigenvalue weighted by atomic mass is 32.1. The Morgan fingerprint density at radius 3 is 2.66 bits per heavy atom. The van der Waals surface area contributed by atoms with Gasteiger partial charge in [0.25, 0.3) is 5.91 Å². The second-order valence-electron chi connectivity index (χ2n) is 6.98. The average molecular weight is 407 g/mol. The van der Waals surface area contributed by atoms with E-state index in [1.165, 1.54) is 0 Å². The lowest BCUT2D eigenvalue weighted by atomic mass is 10.1. The minimum absolute atomic E-state index is 0.0342. The highest BCUT2D eigenvalue weighted by Gasteiger charge is 2.25. The Morgan fingerprint density at radius 2 is 1.97 bits per heavy atom. The molecule has 0 aliphatic carbocycles. The van der Waals surface area contributed by atoms with Gasteiger partial charge in [-0.05, 0) is 55.3 Å². The van der Waals surface area contributed by atoms with Crippen LogP contribution in [0.15, 0.2) is 47.8 Å². The largest absolute Gasteiger partial charge is 0.484 e. The van der Waals surface area contributed by atoms with Crippen LogP contribution in [0.1, 0.15) is 34.3 Å². The Bertz CT molecular complexity index is 1060. The molecule has 4 rings (SSSR count). The number of benzene rings is 2. The number of hydrogen-bond acceptors (Lipinski definition) is 5. The molecule has 1 aliphatic rings. The van der Waals surface area contributed by atoms with Crippen LogP contribution in [0.3, 0.4) is 0 Å². The highest BCUT2D eigenvalue weighted by Crippen LogP contribution is 2.32. The standard InChI is InChI=1S/C23H22N2O3S/c1-3-22(26)16-4-7-19(8-5-16)28-13-23(27)25-11-10-18-12-17(6-9-21(18)25)20-14-29-15(2)24-20/h4-9,12,14H,3,10-11,13H2,1-2H3. The Balaban J connectivity index is 1.41. The number of nitrogens with zero attached hydrogens (tertiary/aromatic N) is 2. The molecule has 1 amide bonds. The van der Waals surface area contributed by atoms with Crippen LogP contribution in [-0.2, 0) is 11.2 Å². The van der Waals surface area contributed by atoms with Gasteiger partial charge >= 0.3 is 0 Å². The normalized spacial score (nSPS) is 12.7. The summed E-state index contributed by atoms with van der Waals surface area (Å²) in [6, 6.07) is 13.1. The summed E-state index contributed by atoms with van der Waals surface area (Å²) < 4.78 is 5.65. The Kier molecular flexibility index (Phi) is 5.45. The lowest BCUT2D eigenvalue weighted by molar-refractivity contribution is -0.120. The van der Waals surface area contributed by atoms with E-state index < -0.39 is 0 Å². The maximum atomic E-state index is 12.7. The molecule has 1 aromatic heterocycles. The number of amides is 1. The lowest BCUT2D eigenvalue weighted by Crippen LogP contribution is -2.33. The maximum absolute atomic E-state index is 12.7.